The van der Waals surface area contributed by atoms with Gasteiger partial charge < -0.3 is 9.84 Å². The number of aromatic nitrogens is 1. The van der Waals surface area contributed by atoms with Crippen LogP contribution in [0.4, 0.5) is 9.93 Å². The van der Waals surface area contributed by atoms with E-state index in [4.69, 9.17) is 4.74 Å². The number of benzene rings is 3. The second-order valence-electron chi connectivity index (χ2n) is 8.18. The van der Waals surface area contributed by atoms with Gasteiger partial charge in [-0.1, -0.05) is 78.4 Å². The van der Waals surface area contributed by atoms with Crippen LogP contribution in [0.5, 0.6) is 0 Å². The number of aryl methyl sites for hydroxylation is 1. The van der Waals surface area contributed by atoms with E-state index in [1.54, 1.807) is 0 Å². The summed E-state index contributed by atoms with van der Waals surface area (Å²) < 4.78 is 5.60. The number of carbonyl (C=O) groups is 2. The summed E-state index contributed by atoms with van der Waals surface area (Å²) >= 11 is 1.15. The van der Waals surface area contributed by atoms with E-state index >= 15 is 0 Å². The van der Waals surface area contributed by atoms with Crippen LogP contribution in [0.3, 0.4) is 0 Å². The van der Waals surface area contributed by atoms with Crippen LogP contribution < -0.4 is 5.32 Å². The first-order chi connectivity index (χ1) is 16.5. The standard InChI is InChI=1S/C27H22N2O4S/c1-16-10-12-17(13-11-16)25-23(14-24(30)31)34-26(28-25)29-27(32)33-15-22-20-8-4-2-6-18(20)19-7-3-5-9-21(19)22/h2-13,22H,14-15H2,1H3,(H,30,31)(H,28,29,32). The summed E-state index contributed by atoms with van der Waals surface area (Å²) in [5, 5.41) is 12.3. The number of nitrogens with zero attached hydrogens (tertiary/aromatic N) is 1. The number of carbonyl (C=O) groups excluding carboxylic acids is 1. The molecule has 0 spiro atoms. The lowest BCUT2D eigenvalue weighted by Gasteiger charge is -2.14. The Kier molecular flexibility index (Phi) is 5.86. The summed E-state index contributed by atoms with van der Waals surface area (Å²) in [6, 6.07) is 24.0. The van der Waals surface area contributed by atoms with Gasteiger partial charge in [0.1, 0.15) is 6.61 Å². The highest BCUT2D eigenvalue weighted by molar-refractivity contribution is 7.16. The number of fused-ring (bicyclic) bond motifs is 3. The number of hydrogen-bond donors (Lipinski definition) is 2. The van der Waals surface area contributed by atoms with Gasteiger partial charge in [0.25, 0.3) is 0 Å². The van der Waals surface area contributed by atoms with Crippen molar-refractivity contribution in [3.05, 3.63) is 94.4 Å². The van der Waals surface area contributed by atoms with Crippen LogP contribution in [0, 0.1) is 6.92 Å². The van der Waals surface area contributed by atoms with Gasteiger partial charge in [-0.15, -0.1) is 11.3 Å². The molecule has 5 rings (SSSR count). The Morgan fingerprint density at radius 1 is 0.971 bits per heavy atom. The number of thiazole rings is 1. The number of anilines is 1. The molecule has 4 aromatic rings. The molecule has 0 bridgehead atoms. The predicted octanol–water partition coefficient (Wildman–Crippen LogP) is 6.11. The summed E-state index contributed by atoms with van der Waals surface area (Å²) in [4.78, 5) is 29.1. The van der Waals surface area contributed by atoms with Gasteiger partial charge in [-0.3, -0.25) is 10.1 Å². The fourth-order valence-corrected chi connectivity index (χ4v) is 5.28. The van der Waals surface area contributed by atoms with Crippen LogP contribution in [0.15, 0.2) is 72.8 Å². The van der Waals surface area contributed by atoms with Gasteiger partial charge in [0.15, 0.2) is 5.13 Å². The number of hydrogen-bond acceptors (Lipinski definition) is 5. The van der Waals surface area contributed by atoms with Crippen molar-refractivity contribution in [3.63, 3.8) is 0 Å². The smallest absolute Gasteiger partial charge is 0.413 e. The normalized spacial score (nSPS) is 12.1. The topological polar surface area (TPSA) is 88.5 Å². The first kappa shape index (κ1) is 21.9. The Morgan fingerprint density at radius 2 is 1.59 bits per heavy atom. The van der Waals surface area contributed by atoms with Crippen LogP contribution in [-0.4, -0.2) is 28.8 Å². The third kappa shape index (κ3) is 4.30. The minimum Gasteiger partial charge on any atom is -0.481 e. The van der Waals surface area contributed by atoms with E-state index < -0.39 is 12.1 Å². The first-order valence-electron chi connectivity index (χ1n) is 10.9. The Bertz CT molecular complexity index is 1330. The molecule has 34 heavy (non-hydrogen) atoms. The summed E-state index contributed by atoms with van der Waals surface area (Å²) in [7, 11) is 0. The SMILES string of the molecule is Cc1ccc(-c2nc(NC(=O)OCC3c4ccccc4-c4ccccc43)sc2CC(=O)O)cc1. The van der Waals surface area contributed by atoms with Gasteiger partial charge in [-0.05, 0) is 29.2 Å². The zero-order valence-electron chi connectivity index (χ0n) is 18.4. The summed E-state index contributed by atoms with van der Waals surface area (Å²) in [5.74, 6) is -0.996. The van der Waals surface area contributed by atoms with Gasteiger partial charge in [0.2, 0.25) is 0 Å². The van der Waals surface area contributed by atoms with Crippen molar-refractivity contribution in [2.24, 2.45) is 0 Å². The van der Waals surface area contributed by atoms with E-state index in [0.29, 0.717) is 15.7 Å². The molecule has 0 saturated heterocycles. The van der Waals surface area contributed by atoms with Crippen molar-refractivity contribution in [1.82, 2.24) is 4.98 Å². The molecule has 1 heterocycles. The highest BCUT2D eigenvalue weighted by Crippen LogP contribution is 2.44. The van der Waals surface area contributed by atoms with Crippen LogP contribution in [0.1, 0.15) is 27.5 Å². The fourth-order valence-electron chi connectivity index (χ4n) is 4.32. The average Bonchev–Trinajstić information content (AvgIpc) is 3.36. The van der Waals surface area contributed by atoms with Gasteiger partial charge in [0.05, 0.1) is 12.1 Å². The molecule has 0 aliphatic heterocycles. The van der Waals surface area contributed by atoms with E-state index in [9.17, 15) is 14.7 Å². The van der Waals surface area contributed by atoms with Gasteiger partial charge in [0, 0.05) is 16.4 Å². The molecule has 3 aromatic carbocycles. The predicted molar refractivity (Wildman–Crippen MR) is 132 cm³/mol. The van der Waals surface area contributed by atoms with Crippen molar-refractivity contribution in [2.45, 2.75) is 19.3 Å². The lowest BCUT2D eigenvalue weighted by Crippen LogP contribution is -2.17. The van der Waals surface area contributed by atoms with E-state index in [0.717, 1.165) is 44.7 Å². The van der Waals surface area contributed by atoms with Crippen LogP contribution in [0.25, 0.3) is 22.4 Å². The van der Waals surface area contributed by atoms with Crippen LogP contribution >= 0.6 is 11.3 Å². The maximum absolute atomic E-state index is 12.6. The lowest BCUT2D eigenvalue weighted by molar-refractivity contribution is -0.136. The molecule has 0 unspecified atom stereocenters. The van der Waals surface area contributed by atoms with Crippen molar-refractivity contribution in [2.75, 3.05) is 11.9 Å². The fraction of sp³-hybridized carbons (Fsp3) is 0.148. The molecule has 2 N–H and O–H groups in total. The molecule has 1 aromatic heterocycles. The maximum Gasteiger partial charge on any atom is 0.413 e. The molecule has 6 nitrogen and oxygen atoms in total. The van der Waals surface area contributed by atoms with E-state index in [1.807, 2.05) is 55.5 Å². The number of carboxylic acids is 1. The third-order valence-electron chi connectivity index (χ3n) is 5.89. The molecule has 1 aliphatic carbocycles. The van der Waals surface area contributed by atoms with Crippen molar-refractivity contribution in [3.8, 4) is 22.4 Å². The maximum atomic E-state index is 12.6. The second-order valence-corrected chi connectivity index (χ2v) is 9.26. The minimum absolute atomic E-state index is 0.0415. The average molecular weight is 471 g/mol. The molecule has 170 valence electrons. The Hall–Kier alpha value is -3.97. The second kappa shape index (κ2) is 9.11. The van der Waals surface area contributed by atoms with Gasteiger partial charge >= 0.3 is 12.1 Å². The molecule has 0 fully saturated rings. The van der Waals surface area contributed by atoms with Crippen molar-refractivity contribution in [1.29, 1.82) is 0 Å². The number of carboxylic acid groups (broad SMARTS) is 1. The Morgan fingerprint density at radius 3 is 2.21 bits per heavy atom. The molecule has 1 amide bonds. The quantitative estimate of drug-likeness (QED) is 0.355. The number of ether oxygens (including phenoxy) is 1. The molecule has 7 heteroatoms. The van der Waals surface area contributed by atoms with Gasteiger partial charge in [-0.25, -0.2) is 9.78 Å². The lowest BCUT2D eigenvalue weighted by atomic mass is 9.98. The Balaban J connectivity index is 1.32. The molecule has 0 atom stereocenters. The first-order valence-corrected chi connectivity index (χ1v) is 11.7. The monoisotopic (exact) mass is 470 g/mol. The van der Waals surface area contributed by atoms with Gasteiger partial charge in [-0.2, -0.15) is 0 Å². The number of aliphatic carboxylic acids is 1. The molecule has 0 saturated carbocycles. The van der Waals surface area contributed by atoms with Crippen molar-refractivity contribution >= 4 is 28.5 Å². The van der Waals surface area contributed by atoms with E-state index in [-0.39, 0.29) is 18.9 Å². The largest absolute Gasteiger partial charge is 0.481 e. The molecular formula is C27H22N2O4S. The van der Waals surface area contributed by atoms with Crippen LogP contribution in [-0.2, 0) is 16.0 Å². The Labute approximate surface area is 200 Å². The summed E-state index contributed by atoms with van der Waals surface area (Å²) in [5.41, 5.74) is 7.05. The summed E-state index contributed by atoms with van der Waals surface area (Å²) in [6.45, 7) is 2.17. The minimum atomic E-state index is -0.954. The summed E-state index contributed by atoms with van der Waals surface area (Å²) in [6.07, 6.45) is -0.791. The zero-order valence-corrected chi connectivity index (χ0v) is 19.3. The number of amides is 1. The third-order valence-corrected chi connectivity index (χ3v) is 6.86. The van der Waals surface area contributed by atoms with Crippen LogP contribution in [0.2, 0.25) is 0 Å². The van der Waals surface area contributed by atoms with Crippen molar-refractivity contribution < 1.29 is 19.4 Å². The van der Waals surface area contributed by atoms with E-state index in [1.165, 1.54) is 0 Å². The number of nitrogens with one attached hydrogen (secondary N) is 1. The molecular weight excluding hydrogens is 448 g/mol. The molecule has 0 radical (unpaired) electrons. The van der Waals surface area contributed by atoms with E-state index in [2.05, 4.69) is 34.6 Å². The zero-order chi connectivity index (χ0) is 23.7. The number of rotatable bonds is 6. The highest BCUT2D eigenvalue weighted by Gasteiger charge is 2.29. The molecule has 1 aliphatic rings. The highest BCUT2D eigenvalue weighted by atomic mass is 32.1.